The number of aromatic nitrogens is 4. The molecule has 1 aliphatic heterocycles. The van der Waals surface area contributed by atoms with Crippen molar-refractivity contribution in [1.29, 1.82) is 0 Å². The van der Waals surface area contributed by atoms with Gasteiger partial charge in [-0.25, -0.2) is 15.0 Å². The van der Waals surface area contributed by atoms with E-state index in [0.29, 0.717) is 17.9 Å². The van der Waals surface area contributed by atoms with Gasteiger partial charge in [-0.05, 0) is 0 Å². The number of nitrogens with zero attached hydrogens (tertiary/aromatic N) is 3. The van der Waals surface area contributed by atoms with Crippen LogP contribution in [-0.2, 0) is 4.74 Å². The van der Waals surface area contributed by atoms with E-state index in [1.807, 2.05) is 0 Å². The van der Waals surface area contributed by atoms with Gasteiger partial charge < -0.3 is 19.9 Å². The van der Waals surface area contributed by atoms with Crippen molar-refractivity contribution in [2.24, 2.45) is 0 Å². The van der Waals surface area contributed by atoms with Crippen LogP contribution in [0.5, 0.6) is 0 Å². The van der Waals surface area contributed by atoms with Gasteiger partial charge in [-0.2, -0.15) is 0 Å². The molecular weight excluding hydrogens is 224 g/mol. The molecule has 3 rings (SSSR count). The van der Waals surface area contributed by atoms with Gasteiger partial charge in [-0.1, -0.05) is 0 Å². The van der Waals surface area contributed by atoms with Crippen LogP contribution in [0.2, 0.25) is 0 Å². The summed E-state index contributed by atoms with van der Waals surface area (Å²) in [6, 6.07) is 0. The molecule has 2 aromatic heterocycles. The van der Waals surface area contributed by atoms with Crippen molar-refractivity contribution in [3.05, 3.63) is 18.3 Å². The maximum absolute atomic E-state index is 9.82. The first-order valence-corrected chi connectivity index (χ1v) is 5.38. The van der Waals surface area contributed by atoms with Gasteiger partial charge in [0.2, 0.25) is 0 Å². The average molecular weight is 236 g/mol. The molecule has 90 valence electrons. The SMILES string of the molecule is OC[C@@H]1C[C@@H](O)C(c2ncc3[nH]cnc3n2)O1. The Labute approximate surface area is 96.5 Å². The summed E-state index contributed by atoms with van der Waals surface area (Å²) >= 11 is 0. The number of aliphatic hydroxyl groups excluding tert-OH is 2. The van der Waals surface area contributed by atoms with Crippen LogP contribution in [0.4, 0.5) is 0 Å². The Kier molecular flexibility index (Phi) is 2.50. The molecule has 7 nitrogen and oxygen atoms in total. The zero-order chi connectivity index (χ0) is 11.8. The van der Waals surface area contributed by atoms with Crippen molar-refractivity contribution in [3.8, 4) is 0 Å². The molecule has 0 amide bonds. The van der Waals surface area contributed by atoms with Gasteiger partial charge >= 0.3 is 0 Å². The standard InChI is InChI=1S/C10H12N4O3/c15-3-5-1-7(16)8(17-5)10-11-2-6-9(14-10)13-4-12-6/h2,4-5,7-8,15-16H,1,3H2,(H,11,12,13,14)/t5-,7+,8?/m0/s1. The molecule has 3 atom stereocenters. The van der Waals surface area contributed by atoms with E-state index in [0.717, 1.165) is 5.52 Å². The highest BCUT2D eigenvalue weighted by Gasteiger charge is 2.36. The van der Waals surface area contributed by atoms with E-state index >= 15 is 0 Å². The molecule has 7 heteroatoms. The number of imidazole rings is 1. The number of aliphatic hydroxyl groups is 2. The van der Waals surface area contributed by atoms with Crippen molar-refractivity contribution in [1.82, 2.24) is 19.9 Å². The van der Waals surface area contributed by atoms with Crippen LogP contribution >= 0.6 is 0 Å². The van der Waals surface area contributed by atoms with Gasteiger partial charge in [0.1, 0.15) is 11.6 Å². The van der Waals surface area contributed by atoms with E-state index in [4.69, 9.17) is 9.84 Å². The normalized spacial score (nSPS) is 28.9. The van der Waals surface area contributed by atoms with Crippen LogP contribution in [0.15, 0.2) is 12.5 Å². The highest BCUT2D eigenvalue weighted by atomic mass is 16.5. The summed E-state index contributed by atoms with van der Waals surface area (Å²) in [5, 5.41) is 18.8. The van der Waals surface area contributed by atoms with Gasteiger partial charge in [0.15, 0.2) is 11.5 Å². The predicted octanol–water partition coefficient (Wildman–Crippen LogP) is -0.464. The smallest absolute Gasteiger partial charge is 0.180 e. The van der Waals surface area contributed by atoms with E-state index in [9.17, 15) is 5.11 Å². The van der Waals surface area contributed by atoms with E-state index in [1.165, 1.54) is 6.33 Å². The number of hydrogen-bond acceptors (Lipinski definition) is 6. The Morgan fingerprint density at radius 2 is 2.35 bits per heavy atom. The monoisotopic (exact) mass is 236 g/mol. The lowest BCUT2D eigenvalue weighted by molar-refractivity contribution is -0.0150. The second-order valence-corrected chi connectivity index (χ2v) is 4.03. The van der Waals surface area contributed by atoms with Gasteiger partial charge in [0.05, 0.1) is 31.3 Å². The summed E-state index contributed by atoms with van der Waals surface area (Å²) in [5.41, 5.74) is 1.28. The maximum Gasteiger partial charge on any atom is 0.180 e. The number of rotatable bonds is 2. The van der Waals surface area contributed by atoms with Gasteiger partial charge in [-0.15, -0.1) is 0 Å². The Bertz CT molecular complexity index is 529. The Morgan fingerprint density at radius 1 is 1.47 bits per heavy atom. The molecule has 1 saturated heterocycles. The second kappa shape index (κ2) is 4.02. The lowest BCUT2D eigenvalue weighted by Gasteiger charge is -2.12. The van der Waals surface area contributed by atoms with Crippen LogP contribution < -0.4 is 0 Å². The molecule has 0 radical (unpaired) electrons. The van der Waals surface area contributed by atoms with Crippen LogP contribution in [0.3, 0.4) is 0 Å². The fraction of sp³-hybridized carbons (Fsp3) is 0.500. The topological polar surface area (TPSA) is 104 Å². The van der Waals surface area contributed by atoms with Crippen molar-refractivity contribution in [3.63, 3.8) is 0 Å². The van der Waals surface area contributed by atoms with Crippen molar-refractivity contribution >= 4 is 11.2 Å². The van der Waals surface area contributed by atoms with Gasteiger partial charge in [-0.3, -0.25) is 0 Å². The number of ether oxygens (including phenoxy) is 1. The molecule has 0 saturated carbocycles. The highest BCUT2D eigenvalue weighted by Crippen LogP contribution is 2.31. The fourth-order valence-corrected chi connectivity index (χ4v) is 1.98. The molecule has 1 unspecified atom stereocenters. The third kappa shape index (κ3) is 1.78. The summed E-state index contributed by atoms with van der Waals surface area (Å²) in [6.07, 6.45) is 1.90. The van der Waals surface area contributed by atoms with Crippen LogP contribution in [-0.4, -0.2) is 49.0 Å². The van der Waals surface area contributed by atoms with E-state index < -0.39 is 12.2 Å². The molecule has 3 N–H and O–H groups in total. The lowest BCUT2D eigenvalue weighted by atomic mass is 10.1. The Hall–Kier alpha value is -1.57. The Morgan fingerprint density at radius 3 is 3.12 bits per heavy atom. The first-order valence-electron chi connectivity index (χ1n) is 5.38. The highest BCUT2D eigenvalue weighted by molar-refractivity contribution is 5.68. The molecule has 17 heavy (non-hydrogen) atoms. The molecule has 0 bridgehead atoms. The molecule has 1 aliphatic rings. The van der Waals surface area contributed by atoms with E-state index in [-0.39, 0.29) is 12.7 Å². The quantitative estimate of drug-likeness (QED) is 0.651. The molecule has 1 fully saturated rings. The third-order valence-electron chi connectivity index (χ3n) is 2.85. The van der Waals surface area contributed by atoms with Crippen LogP contribution in [0, 0.1) is 0 Å². The summed E-state index contributed by atoms with van der Waals surface area (Å²) in [5.74, 6) is 0.396. The lowest BCUT2D eigenvalue weighted by Crippen LogP contribution is -2.15. The summed E-state index contributed by atoms with van der Waals surface area (Å²) in [4.78, 5) is 15.3. The zero-order valence-electron chi connectivity index (χ0n) is 8.95. The minimum atomic E-state index is -0.691. The van der Waals surface area contributed by atoms with E-state index in [2.05, 4.69) is 19.9 Å². The van der Waals surface area contributed by atoms with Crippen LogP contribution in [0.25, 0.3) is 11.2 Å². The summed E-state index contributed by atoms with van der Waals surface area (Å²) < 4.78 is 5.47. The summed E-state index contributed by atoms with van der Waals surface area (Å²) in [6.45, 7) is -0.113. The zero-order valence-corrected chi connectivity index (χ0v) is 8.95. The van der Waals surface area contributed by atoms with Crippen LogP contribution in [0.1, 0.15) is 18.3 Å². The van der Waals surface area contributed by atoms with Crippen molar-refractivity contribution in [2.75, 3.05) is 6.61 Å². The van der Waals surface area contributed by atoms with Gasteiger partial charge in [0, 0.05) is 6.42 Å². The van der Waals surface area contributed by atoms with Crippen molar-refractivity contribution in [2.45, 2.75) is 24.7 Å². The predicted molar refractivity (Wildman–Crippen MR) is 57.0 cm³/mol. The minimum absolute atomic E-state index is 0.113. The average Bonchev–Trinajstić information content (AvgIpc) is 2.93. The van der Waals surface area contributed by atoms with Gasteiger partial charge in [0.25, 0.3) is 0 Å². The molecule has 0 aromatic carbocycles. The number of nitrogens with one attached hydrogen (secondary N) is 1. The van der Waals surface area contributed by atoms with E-state index in [1.54, 1.807) is 6.20 Å². The van der Waals surface area contributed by atoms with Crippen molar-refractivity contribution < 1.29 is 14.9 Å². The fourth-order valence-electron chi connectivity index (χ4n) is 1.98. The minimum Gasteiger partial charge on any atom is -0.394 e. The number of H-pyrrole nitrogens is 1. The molecule has 0 spiro atoms. The second-order valence-electron chi connectivity index (χ2n) is 4.03. The molecule has 0 aliphatic carbocycles. The molecule has 2 aromatic rings. The molecular formula is C10H12N4O3. The maximum atomic E-state index is 9.82. The molecule has 3 heterocycles. The number of aromatic amines is 1. The number of hydrogen-bond donors (Lipinski definition) is 3. The summed E-state index contributed by atoms with van der Waals surface area (Å²) in [7, 11) is 0. The number of fused-ring (bicyclic) bond motifs is 1. The third-order valence-corrected chi connectivity index (χ3v) is 2.85. The Balaban J connectivity index is 1.92. The first kappa shape index (κ1) is 10.6. The largest absolute Gasteiger partial charge is 0.394 e. The first-order chi connectivity index (χ1) is 8.28.